The monoisotopic (exact) mass is 485 g/mol. The highest BCUT2D eigenvalue weighted by Crippen LogP contribution is 2.27. The third kappa shape index (κ3) is 6.16. The molecule has 0 aromatic heterocycles. The summed E-state index contributed by atoms with van der Waals surface area (Å²) < 4.78 is 26.1. The van der Waals surface area contributed by atoms with Crippen LogP contribution < -0.4 is 10.1 Å². The van der Waals surface area contributed by atoms with Crippen LogP contribution in [-0.2, 0) is 9.53 Å². The van der Waals surface area contributed by atoms with Crippen LogP contribution in [-0.4, -0.2) is 73.5 Å². The highest BCUT2D eigenvalue weighted by Gasteiger charge is 2.31. The first kappa shape index (κ1) is 26.2. The molecule has 3 amide bonds. The molecule has 0 bridgehead atoms. The summed E-state index contributed by atoms with van der Waals surface area (Å²) in [6.45, 7) is 5.75. The quantitative estimate of drug-likeness (QED) is 0.720. The van der Waals surface area contributed by atoms with Crippen LogP contribution in [0.4, 0.5) is 10.1 Å². The molecule has 1 aliphatic rings. The van der Waals surface area contributed by atoms with Gasteiger partial charge in [-0.05, 0) is 37.3 Å². The van der Waals surface area contributed by atoms with Crippen LogP contribution in [0.25, 0.3) is 0 Å². The Morgan fingerprint density at radius 1 is 1.14 bits per heavy atom. The van der Waals surface area contributed by atoms with Crippen molar-refractivity contribution in [3.05, 3.63) is 59.4 Å². The van der Waals surface area contributed by atoms with Crippen LogP contribution in [0.1, 0.15) is 41.5 Å². The first-order chi connectivity index (χ1) is 16.6. The van der Waals surface area contributed by atoms with Gasteiger partial charge in [-0.25, -0.2) is 4.39 Å². The molecule has 35 heavy (non-hydrogen) atoms. The average Bonchev–Trinajstić information content (AvgIpc) is 2.82. The molecule has 1 aliphatic heterocycles. The van der Waals surface area contributed by atoms with E-state index in [4.69, 9.17) is 9.47 Å². The topological polar surface area (TPSA) is 88.2 Å². The number of methoxy groups -OCH3 is 1. The molecule has 8 nitrogen and oxygen atoms in total. The summed E-state index contributed by atoms with van der Waals surface area (Å²) >= 11 is 0. The zero-order valence-electron chi connectivity index (χ0n) is 20.7. The molecule has 0 radical (unpaired) electrons. The lowest BCUT2D eigenvalue weighted by atomic mass is 10.0. The van der Waals surface area contributed by atoms with E-state index in [2.05, 4.69) is 5.32 Å². The first-order valence-electron chi connectivity index (χ1n) is 11.5. The number of nitrogens with zero attached hydrogens (tertiary/aromatic N) is 2. The standard InChI is InChI=1S/C26H32FN3O5/c1-16-13-30(26(33)20-8-6-7-9-22(20)27)17(2)15-35-23-11-10-19(28-18(3)31)12-21(23)25(32)29(4)14-24(16)34-5/h6-12,16-17,24H,13-15H2,1-5H3,(H,28,31)/t16-,17-,24-/m0/s1. The van der Waals surface area contributed by atoms with Crippen molar-refractivity contribution < 1.29 is 28.2 Å². The van der Waals surface area contributed by atoms with E-state index in [0.717, 1.165) is 0 Å². The summed E-state index contributed by atoms with van der Waals surface area (Å²) in [5.74, 6) is -1.42. The van der Waals surface area contributed by atoms with Crippen molar-refractivity contribution in [3.8, 4) is 5.75 Å². The number of halogens is 1. The van der Waals surface area contributed by atoms with Gasteiger partial charge in [0.1, 0.15) is 18.2 Å². The van der Waals surface area contributed by atoms with Gasteiger partial charge in [0, 0.05) is 45.8 Å². The average molecular weight is 486 g/mol. The third-order valence-corrected chi connectivity index (χ3v) is 6.13. The van der Waals surface area contributed by atoms with Crippen LogP contribution in [0.5, 0.6) is 5.75 Å². The zero-order chi connectivity index (χ0) is 25.7. The summed E-state index contributed by atoms with van der Waals surface area (Å²) in [6.07, 6.45) is -0.380. The molecule has 0 aliphatic carbocycles. The maximum absolute atomic E-state index is 14.4. The summed E-state index contributed by atoms with van der Waals surface area (Å²) in [4.78, 5) is 41.3. The van der Waals surface area contributed by atoms with E-state index in [1.807, 2.05) is 13.8 Å². The van der Waals surface area contributed by atoms with Crippen LogP contribution in [0.3, 0.4) is 0 Å². The number of carbonyl (C=O) groups excluding carboxylic acids is 3. The van der Waals surface area contributed by atoms with Gasteiger partial charge in [0.2, 0.25) is 5.91 Å². The van der Waals surface area contributed by atoms with E-state index in [-0.39, 0.29) is 54.7 Å². The third-order valence-electron chi connectivity index (χ3n) is 6.13. The normalized spacial score (nSPS) is 21.3. The van der Waals surface area contributed by atoms with E-state index in [1.54, 1.807) is 43.3 Å². The molecule has 188 valence electrons. The molecule has 0 saturated heterocycles. The van der Waals surface area contributed by atoms with Gasteiger partial charge in [0.15, 0.2) is 0 Å². The maximum Gasteiger partial charge on any atom is 0.257 e. The number of fused-ring (bicyclic) bond motifs is 1. The molecule has 0 spiro atoms. The maximum atomic E-state index is 14.4. The van der Waals surface area contributed by atoms with Gasteiger partial charge in [-0.3, -0.25) is 14.4 Å². The second kappa shape index (κ2) is 11.3. The van der Waals surface area contributed by atoms with Crippen molar-refractivity contribution in [3.63, 3.8) is 0 Å². The highest BCUT2D eigenvalue weighted by molar-refractivity contribution is 5.99. The molecule has 0 fully saturated rings. The minimum absolute atomic E-state index is 0.0137. The zero-order valence-corrected chi connectivity index (χ0v) is 20.7. The van der Waals surface area contributed by atoms with Crippen LogP contribution in [0.2, 0.25) is 0 Å². The predicted octanol–water partition coefficient (Wildman–Crippen LogP) is 3.43. The number of likely N-dealkylation sites (N-methyl/N-ethyl adjacent to an activating group) is 1. The van der Waals surface area contributed by atoms with Gasteiger partial charge in [-0.15, -0.1) is 0 Å². The fraction of sp³-hybridized carbons (Fsp3) is 0.423. The highest BCUT2D eigenvalue weighted by atomic mass is 19.1. The minimum Gasteiger partial charge on any atom is -0.491 e. The lowest BCUT2D eigenvalue weighted by molar-refractivity contribution is -0.114. The number of carbonyl (C=O) groups is 3. The molecule has 2 aromatic rings. The molecule has 3 atom stereocenters. The van der Waals surface area contributed by atoms with Crippen molar-refractivity contribution >= 4 is 23.4 Å². The number of anilines is 1. The second-order valence-electron chi connectivity index (χ2n) is 8.93. The van der Waals surface area contributed by atoms with Crippen molar-refractivity contribution in [1.29, 1.82) is 0 Å². The number of amides is 3. The number of rotatable bonds is 3. The lowest BCUT2D eigenvalue weighted by Gasteiger charge is -2.36. The van der Waals surface area contributed by atoms with Crippen molar-refractivity contribution in [1.82, 2.24) is 9.80 Å². The number of hydrogen-bond donors (Lipinski definition) is 1. The van der Waals surface area contributed by atoms with E-state index in [1.165, 1.54) is 30.0 Å². The minimum atomic E-state index is -0.589. The Hall–Kier alpha value is -3.46. The number of benzene rings is 2. The second-order valence-corrected chi connectivity index (χ2v) is 8.93. The summed E-state index contributed by atoms with van der Waals surface area (Å²) in [7, 11) is 3.22. The Kier molecular flexibility index (Phi) is 8.45. The first-order valence-corrected chi connectivity index (χ1v) is 11.5. The van der Waals surface area contributed by atoms with Crippen molar-refractivity contribution in [2.24, 2.45) is 5.92 Å². The molecule has 1 heterocycles. The predicted molar refractivity (Wildman–Crippen MR) is 130 cm³/mol. The Labute approximate surface area is 205 Å². The molecule has 3 rings (SSSR count). The molecule has 2 aromatic carbocycles. The smallest absolute Gasteiger partial charge is 0.257 e. The molecule has 0 saturated carbocycles. The van der Waals surface area contributed by atoms with Crippen molar-refractivity contribution in [2.45, 2.75) is 32.9 Å². The number of ether oxygens (including phenoxy) is 2. The van der Waals surface area contributed by atoms with Gasteiger partial charge < -0.3 is 24.6 Å². The SMILES string of the molecule is CO[C@H]1CN(C)C(=O)c2cc(NC(C)=O)ccc2OC[C@H](C)N(C(=O)c2ccccc2F)C[C@@H]1C. The fourth-order valence-electron chi connectivity index (χ4n) is 4.13. The molecule has 0 unspecified atom stereocenters. The van der Waals surface area contributed by atoms with E-state index in [0.29, 0.717) is 11.4 Å². The Morgan fingerprint density at radius 3 is 2.51 bits per heavy atom. The van der Waals surface area contributed by atoms with E-state index >= 15 is 0 Å². The van der Waals surface area contributed by atoms with Crippen LogP contribution >= 0.6 is 0 Å². The molecular weight excluding hydrogens is 453 g/mol. The largest absolute Gasteiger partial charge is 0.491 e. The Balaban J connectivity index is 2.01. The van der Waals surface area contributed by atoms with E-state index in [9.17, 15) is 18.8 Å². The fourth-order valence-corrected chi connectivity index (χ4v) is 4.13. The lowest BCUT2D eigenvalue weighted by Crippen LogP contribution is -2.48. The molecular formula is C26H32FN3O5. The van der Waals surface area contributed by atoms with Gasteiger partial charge in [0.25, 0.3) is 11.8 Å². The number of nitrogens with one attached hydrogen (secondary N) is 1. The van der Waals surface area contributed by atoms with Crippen molar-refractivity contribution in [2.75, 3.05) is 39.2 Å². The molecule has 1 N–H and O–H groups in total. The van der Waals surface area contributed by atoms with Gasteiger partial charge in [-0.2, -0.15) is 0 Å². The van der Waals surface area contributed by atoms with Crippen LogP contribution in [0.15, 0.2) is 42.5 Å². The van der Waals surface area contributed by atoms with Gasteiger partial charge >= 0.3 is 0 Å². The molecule has 9 heteroatoms. The van der Waals surface area contributed by atoms with Gasteiger partial charge in [-0.1, -0.05) is 19.1 Å². The van der Waals surface area contributed by atoms with Gasteiger partial charge in [0.05, 0.1) is 23.3 Å². The summed E-state index contributed by atoms with van der Waals surface area (Å²) in [5, 5.41) is 2.68. The Bertz CT molecular complexity index is 1090. The number of hydrogen-bond acceptors (Lipinski definition) is 5. The Morgan fingerprint density at radius 2 is 1.86 bits per heavy atom. The summed E-state index contributed by atoms with van der Waals surface area (Å²) in [5.41, 5.74) is 0.732. The van der Waals surface area contributed by atoms with E-state index < -0.39 is 17.8 Å². The van der Waals surface area contributed by atoms with Crippen LogP contribution in [0, 0.1) is 11.7 Å². The summed E-state index contributed by atoms with van der Waals surface area (Å²) in [6, 6.07) is 10.3.